The molecule has 1 aliphatic rings. The van der Waals surface area contributed by atoms with Gasteiger partial charge in [-0.15, -0.1) is 11.8 Å². The summed E-state index contributed by atoms with van der Waals surface area (Å²) in [6.45, 7) is 0.784. The fourth-order valence-electron chi connectivity index (χ4n) is 1.57. The molecule has 70 valence electrons. The van der Waals surface area contributed by atoms with Crippen LogP contribution in [0.2, 0.25) is 0 Å². The third-order valence-corrected chi connectivity index (χ3v) is 3.04. The molecule has 0 aliphatic carbocycles. The number of hydrazine groups is 1. The van der Waals surface area contributed by atoms with Gasteiger partial charge in [-0.1, -0.05) is 0 Å². The number of anilines is 1. The zero-order chi connectivity index (χ0) is 9.42. The normalized spacial score (nSPS) is 14.8. The Morgan fingerprint density at radius 1 is 1.54 bits per heavy atom. The molecule has 0 unspecified atom stereocenters. The highest BCUT2D eigenvalue weighted by molar-refractivity contribution is 7.98. The lowest BCUT2D eigenvalue weighted by molar-refractivity contribution is 0.601. The number of nitrogens with zero attached hydrogens (tertiary/aromatic N) is 1. The molecular formula is C9H11FN2S. The largest absolute Gasteiger partial charge is 0.310 e. The Kier molecular flexibility index (Phi) is 2.17. The van der Waals surface area contributed by atoms with E-state index in [1.54, 1.807) is 11.1 Å². The summed E-state index contributed by atoms with van der Waals surface area (Å²) in [6.07, 6.45) is 2.71. The molecule has 1 aliphatic heterocycles. The van der Waals surface area contributed by atoms with E-state index >= 15 is 0 Å². The van der Waals surface area contributed by atoms with Gasteiger partial charge in [-0.05, 0) is 30.4 Å². The maximum Gasteiger partial charge on any atom is 0.137 e. The number of rotatable bonds is 1. The van der Waals surface area contributed by atoms with Crippen molar-refractivity contribution in [1.82, 2.24) is 0 Å². The first-order valence-corrected chi connectivity index (χ1v) is 5.33. The minimum absolute atomic E-state index is 0.137. The van der Waals surface area contributed by atoms with E-state index in [0.717, 1.165) is 24.2 Å². The molecule has 0 radical (unpaired) electrons. The third kappa shape index (κ3) is 1.40. The predicted octanol–water partition coefficient (Wildman–Crippen LogP) is 1.78. The number of hydrogen-bond donors (Lipinski definition) is 1. The third-order valence-electron chi connectivity index (χ3n) is 2.28. The standard InChI is InChI=1S/C9H11FN2S/c1-13-9-5-8-6(4-7(9)10)2-3-12(8)11/h4-5H,2-3,11H2,1H3. The van der Waals surface area contributed by atoms with Crippen molar-refractivity contribution >= 4 is 17.4 Å². The number of benzene rings is 1. The van der Waals surface area contributed by atoms with Crippen molar-refractivity contribution in [2.45, 2.75) is 11.3 Å². The van der Waals surface area contributed by atoms with Crippen molar-refractivity contribution < 1.29 is 4.39 Å². The van der Waals surface area contributed by atoms with E-state index in [2.05, 4.69) is 0 Å². The molecular weight excluding hydrogens is 187 g/mol. The number of halogens is 1. The Hall–Kier alpha value is -0.740. The van der Waals surface area contributed by atoms with Crippen molar-refractivity contribution in [3.05, 3.63) is 23.5 Å². The fourth-order valence-corrected chi connectivity index (χ4v) is 2.05. The van der Waals surface area contributed by atoms with E-state index in [0.29, 0.717) is 4.90 Å². The first-order valence-electron chi connectivity index (χ1n) is 4.11. The molecule has 1 aromatic rings. The lowest BCUT2D eigenvalue weighted by atomic mass is 10.2. The molecule has 0 bridgehead atoms. The van der Waals surface area contributed by atoms with E-state index in [1.165, 1.54) is 11.8 Å². The van der Waals surface area contributed by atoms with Crippen LogP contribution < -0.4 is 10.9 Å². The predicted molar refractivity (Wildman–Crippen MR) is 53.4 cm³/mol. The van der Waals surface area contributed by atoms with Gasteiger partial charge in [0, 0.05) is 11.4 Å². The van der Waals surface area contributed by atoms with Crippen molar-refractivity contribution in [2.75, 3.05) is 17.8 Å². The van der Waals surface area contributed by atoms with Crippen LogP contribution in [0.1, 0.15) is 5.56 Å². The molecule has 0 saturated heterocycles. The summed E-state index contributed by atoms with van der Waals surface area (Å²) in [5.41, 5.74) is 1.98. The summed E-state index contributed by atoms with van der Waals surface area (Å²) in [5.74, 6) is 5.58. The number of nitrogens with two attached hydrogens (primary N) is 1. The van der Waals surface area contributed by atoms with Crippen LogP contribution in [0, 0.1) is 5.82 Å². The number of fused-ring (bicyclic) bond motifs is 1. The average molecular weight is 198 g/mol. The van der Waals surface area contributed by atoms with Crippen LogP contribution in [0.3, 0.4) is 0 Å². The SMILES string of the molecule is CSc1cc2c(cc1F)CCN2N. The van der Waals surface area contributed by atoms with Gasteiger partial charge in [0.25, 0.3) is 0 Å². The highest BCUT2D eigenvalue weighted by Crippen LogP contribution is 2.31. The van der Waals surface area contributed by atoms with Crippen LogP contribution in [0.15, 0.2) is 17.0 Å². The van der Waals surface area contributed by atoms with Crippen LogP contribution in [-0.2, 0) is 6.42 Å². The molecule has 2 N–H and O–H groups in total. The van der Waals surface area contributed by atoms with E-state index in [-0.39, 0.29) is 5.82 Å². The minimum atomic E-state index is -0.137. The molecule has 2 nitrogen and oxygen atoms in total. The maximum absolute atomic E-state index is 13.3. The molecule has 4 heteroatoms. The summed E-state index contributed by atoms with van der Waals surface area (Å²) < 4.78 is 13.3. The molecule has 0 amide bonds. The van der Waals surface area contributed by atoms with Gasteiger partial charge < -0.3 is 5.01 Å². The average Bonchev–Trinajstić information content (AvgIpc) is 2.46. The van der Waals surface area contributed by atoms with E-state index in [1.807, 2.05) is 12.3 Å². The van der Waals surface area contributed by atoms with Gasteiger partial charge in [-0.2, -0.15) is 0 Å². The first-order chi connectivity index (χ1) is 6.22. The van der Waals surface area contributed by atoms with Crippen LogP contribution in [0.5, 0.6) is 0 Å². The molecule has 1 aromatic carbocycles. The highest BCUT2D eigenvalue weighted by atomic mass is 32.2. The summed E-state index contributed by atoms with van der Waals surface area (Å²) in [7, 11) is 0. The Labute approximate surface area is 80.9 Å². The molecule has 0 atom stereocenters. The second kappa shape index (κ2) is 3.20. The monoisotopic (exact) mass is 198 g/mol. The highest BCUT2D eigenvalue weighted by Gasteiger charge is 2.18. The lowest BCUT2D eigenvalue weighted by Crippen LogP contribution is -2.28. The quantitative estimate of drug-likeness (QED) is 0.551. The molecule has 1 heterocycles. The molecule has 0 spiro atoms. The van der Waals surface area contributed by atoms with Crippen molar-refractivity contribution in [2.24, 2.45) is 5.84 Å². The van der Waals surface area contributed by atoms with Crippen molar-refractivity contribution in [3.63, 3.8) is 0 Å². The Balaban J connectivity index is 2.51. The number of thioether (sulfide) groups is 1. The second-order valence-corrected chi connectivity index (χ2v) is 3.91. The molecule has 2 rings (SSSR count). The van der Waals surface area contributed by atoms with Gasteiger partial charge >= 0.3 is 0 Å². The molecule has 0 aromatic heterocycles. The van der Waals surface area contributed by atoms with Gasteiger partial charge in [-0.3, -0.25) is 0 Å². The van der Waals surface area contributed by atoms with Crippen LogP contribution in [-0.4, -0.2) is 12.8 Å². The Morgan fingerprint density at radius 3 is 3.00 bits per heavy atom. The fraction of sp³-hybridized carbons (Fsp3) is 0.333. The van der Waals surface area contributed by atoms with Gasteiger partial charge in [0.1, 0.15) is 5.82 Å². The Bertz CT molecular complexity index is 341. The number of hydrogen-bond acceptors (Lipinski definition) is 3. The molecule has 0 saturated carbocycles. The summed E-state index contributed by atoms with van der Waals surface area (Å²) in [5, 5.41) is 1.68. The van der Waals surface area contributed by atoms with Crippen LogP contribution in [0.4, 0.5) is 10.1 Å². The van der Waals surface area contributed by atoms with Gasteiger partial charge in [0.2, 0.25) is 0 Å². The van der Waals surface area contributed by atoms with E-state index < -0.39 is 0 Å². The van der Waals surface area contributed by atoms with Crippen LogP contribution in [0.25, 0.3) is 0 Å². The van der Waals surface area contributed by atoms with Crippen molar-refractivity contribution in [1.29, 1.82) is 0 Å². The molecule has 13 heavy (non-hydrogen) atoms. The summed E-state index contributed by atoms with van der Waals surface area (Å²) >= 11 is 1.41. The first kappa shape index (κ1) is 8.84. The zero-order valence-corrected chi connectivity index (χ0v) is 8.20. The minimum Gasteiger partial charge on any atom is -0.310 e. The topological polar surface area (TPSA) is 29.3 Å². The zero-order valence-electron chi connectivity index (χ0n) is 7.38. The van der Waals surface area contributed by atoms with Crippen LogP contribution >= 0.6 is 11.8 Å². The summed E-state index contributed by atoms with van der Waals surface area (Å²) in [6, 6.07) is 3.41. The van der Waals surface area contributed by atoms with Gasteiger partial charge in [0.05, 0.1) is 5.69 Å². The lowest BCUT2D eigenvalue weighted by Gasteiger charge is -2.12. The maximum atomic E-state index is 13.3. The Morgan fingerprint density at radius 2 is 2.31 bits per heavy atom. The second-order valence-electron chi connectivity index (χ2n) is 3.06. The van der Waals surface area contributed by atoms with Gasteiger partial charge in [0.15, 0.2) is 0 Å². The smallest absolute Gasteiger partial charge is 0.137 e. The molecule has 0 fully saturated rings. The van der Waals surface area contributed by atoms with Crippen molar-refractivity contribution in [3.8, 4) is 0 Å². The van der Waals surface area contributed by atoms with E-state index in [4.69, 9.17) is 5.84 Å². The van der Waals surface area contributed by atoms with Gasteiger partial charge in [-0.25, -0.2) is 10.2 Å². The summed E-state index contributed by atoms with van der Waals surface area (Å²) in [4.78, 5) is 0.663. The van der Waals surface area contributed by atoms with E-state index in [9.17, 15) is 4.39 Å².